The first-order chi connectivity index (χ1) is 14.7. The summed E-state index contributed by atoms with van der Waals surface area (Å²) in [7, 11) is 0. The smallest absolute Gasteiger partial charge is 0.246 e. The molecule has 5 nitrogen and oxygen atoms in total. The fourth-order valence-electron chi connectivity index (χ4n) is 3.97. The molecule has 0 aliphatic carbocycles. The summed E-state index contributed by atoms with van der Waals surface area (Å²) in [6.07, 6.45) is 5.11. The molecule has 1 unspecified atom stereocenters. The molecule has 3 N–H and O–H groups in total. The van der Waals surface area contributed by atoms with Gasteiger partial charge in [0.15, 0.2) is 0 Å². The van der Waals surface area contributed by atoms with Crippen LogP contribution in [0.5, 0.6) is 0 Å². The Bertz CT molecular complexity index is 906. The van der Waals surface area contributed by atoms with Crippen molar-refractivity contribution in [3.8, 4) is 0 Å². The van der Waals surface area contributed by atoms with Crippen LogP contribution in [-0.2, 0) is 29.1 Å². The van der Waals surface area contributed by atoms with Crippen molar-refractivity contribution in [3.05, 3.63) is 83.4 Å². The van der Waals surface area contributed by atoms with Crippen LogP contribution in [0, 0.1) is 5.41 Å². The van der Waals surface area contributed by atoms with Crippen LogP contribution in [0.2, 0.25) is 0 Å². The maximum Gasteiger partial charge on any atom is 0.246 e. The molecule has 5 heteroatoms. The van der Waals surface area contributed by atoms with E-state index in [2.05, 4.69) is 29.6 Å². The van der Waals surface area contributed by atoms with Crippen molar-refractivity contribution in [2.24, 2.45) is 11.1 Å². The third kappa shape index (κ3) is 6.28. The maximum atomic E-state index is 12.8. The number of fused-ring (bicyclic) bond motifs is 1. The normalized spacial score (nSPS) is 15.6. The average Bonchev–Trinajstić information content (AvgIpc) is 3.17. The molecule has 1 aliphatic heterocycles. The Morgan fingerprint density at radius 1 is 1.03 bits per heavy atom. The Morgan fingerprint density at radius 2 is 1.61 bits per heavy atom. The molecule has 2 aromatic carbocycles. The van der Waals surface area contributed by atoms with Gasteiger partial charge in [-0.15, -0.1) is 0 Å². The van der Waals surface area contributed by atoms with E-state index in [-0.39, 0.29) is 23.3 Å². The highest BCUT2D eigenvalue weighted by Crippen LogP contribution is 2.23. The number of amides is 2. The number of benzene rings is 2. The SMILES string of the molecule is CC(C)(C)[C@H](NC(C=CC(=O)N1Cc2ccccc2C1)CCc1ccccc1)C(N)=O. The van der Waals surface area contributed by atoms with Gasteiger partial charge in [0, 0.05) is 25.2 Å². The fraction of sp³-hybridized carbons (Fsp3) is 0.385. The lowest BCUT2D eigenvalue weighted by molar-refractivity contribution is -0.126. The van der Waals surface area contributed by atoms with E-state index in [4.69, 9.17) is 5.73 Å². The molecule has 0 saturated carbocycles. The highest BCUT2D eigenvalue weighted by molar-refractivity contribution is 5.88. The molecule has 1 heterocycles. The first kappa shape index (κ1) is 22.8. The third-order valence-corrected chi connectivity index (χ3v) is 5.74. The summed E-state index contributed by atoms with van der Waals surface area (Å²) in [4.78, 5) is 26.8. The minimum atomic E-state index is -0.496. The largest absolute Gasteiger partial charge is 0.368 e. The first-order valence-electron chi connectivity index (χ1n) is 10.9. The lowest BCUT2D eigenvalue weighted by Gasteiger charge is -2.32. The van der Waals surface area contributed by atoms with Crippen LogP contribution in [0.15, 0.2) is 66.7 Å². The molecule has 0 saturated heterocycles. The van der Waals surface area contributed by atoms with Gasteiger partial charge in [-0.05, 0) is 34.9 Å². The van der Waals surface area contributed by atoms with Crippen LogP contribution in [0.3, 0.4) is 0 Å². The summed E-state index contributed by atoms with van der Waals surface area (Å²) in [6, 6.07) is 17.7. The number of hydrogen-bond acceptors (Lipinski definition) is 3. The van der Waals surface area contributed by atoms with Crippen molar-refractivity contribution in [2.75, 3.05) is 0 Å². The number of nitrogens with zero attached hydrogens (tertiary/aromatic N) is 1. The maximum absolute atomic E-state index is 12.8. The van der Waals surface area contributed by atoms with Gasteiger partial charge in [-0.2, -0.15) is 0 Å². The van der Waals surface area contributed by atoms with E-state index in [0.717, 1.165) is 12.8 Å². The highest BCUT2D eigenvalue weighted by atomic mass is 16.2. The summed E-state index contributed by atoms with van der Waals surface area (Å²) in [5, 5.41) is 3.39. The van der Waals surface area contributed by atoms with Crippen LogP contribution < -0.4 is 11.1 Å². The predicted octanol–water partition coefficient (Wildman–Crippen LogP) is 3.58. The van der Waals surface area contributed by atoms with Gasteiger partial charge in [0.25, 0.3) is 0 Å². The van der Waals surface area contributed by atoms with E-state index in [0.29, 0.717) is 13.1 Å². The van der Waals surface area contributed by atoms with Crippen LogP contribution in [0.4, 0.5) is 0 Å². The van der Waals surface area contributed by atoms with Gasteiger partial charge >= 0.3 is 0 Å². The zero-order valence-electron chi connectivity index (χ0n) is 18.7. The van der Waals surface area contributed by atoms with Gasteiger partial charge in [0.05, 0.1) is 6.04 Å². The van der Waals surface area contributed by atoms with Crippen molar-refractivity contribution < 1.29 is 9.59 Å². The Morgan fingerprint density at radius 3 is 2.16 bits per heavy atom. The van der Waals surface area contributed by atoms with Crippen molar-refractivity contribution in [1.82, 2.24) is 10.2 Å². The molecule has 164 valence electrons. The number of carbonyl (C=O) groups is 2. The zero-order valence-corrected chi connectivity index (χ0v) is 18.7. The number of nitrogens with two attached hydrogens (primary N) is 1. The van der Waals surface area contributed by atoms with Gasteiger partial charge in [-0.25, -0.2) is 0 Å². The summed E-state index contributed by atoms with van der Waals surface area (Å²) in [6.45, 7) is 7.22. The fourth-order valence-corrected chi connectivity index (χ4v) is 3.97. The standard InChI is InChI=1S/C26H33N3O2/c1-26(2,3)24(25(27)31)28-22(14-13-19-9-5-4-6-10-19)15-16-23(30)29-17-20-11-7-8-12-21(20)18-29/h4-12,15-16,22,24,28H,13-14,17-18H2,1-3H3,(H2,27,31)/t22?,24-/m1/s1. The molecule has 31 heavy (non-hydrogen) atoms. The minimum Gasteiger partial charge on any atom is -0.368 e. The molecule has 3 rings (SSSR count). The van der Waals surface area contributed by atoms with Crippen molar-refractivity contribution in [3.63, 3.8) is 0 Å². The molecule has 0 fully saturated rings. The van der Waals surface area contributed by atoms with Crippen molar-refractivity contribution >= 4 is 11.8 Å². The average molecular weight is 420 g/mol. The number of nitrogens with one attached hydrogen (secondary N) is 1. The molecule has 0 spiro atoms. The van der Waals surface area contributed by atoms with Gasteiger partial charge in [-0.3, -0.25) is 14.9 Å². The number of aryl methyl sites for hydroxylation is 1. The van der Waals surface area contributed by atoms with Gasteiger partial charge in [0.2, 0.25) is 11.8 Å². The molecule has 2 aromatic rings. The van der Waals surface area contributed by atoms with Crippen LogP contribution >= 0.6 is 0 Å². The highest BCUT2D eigenvalue weighted by Gasteiger charge is 2.31. The number of carbonyl (C=O) groups excluding carboxylic acids is 2. The Kier molecular flexibility index (Phi) is 7.29. The summed E-state index contributed by atoms with van der Waals surface area (Å²) < 4.78 is 0. The predicted molar refractivity (Wildman–Crippen MR) is 124 cm³/mol. The number of primary amides is 1. The lowest BCUT2D eigenvalue weighted by atomic mass is 9.85. The molecular formula is C26H33N3O2. The van der Waals surface area contributed by atoms with E-state index in [1.807, 2.05) is 62.1 Å². The summed E-state index contributed by atoms with van der Waals surface area (Å²) >= 11 is 0. The van der Waals surface area contributed by atoms with Gasteiger partial charge in [0.1, 0.15) is 0 Å². The zero-order chi connectivity index (χ0) is 22.4. The molecule has 1 aliphatic rings. The molecular weight excluding hydrogens is 386 g/mol. The van der Waals surface area contributed by atoms with E-state index in [1.165, 1.54) is 16.7 Å². The topological polar surface area (TPSA) is 75.4 Å². The monoisotopic (exact) mass is 419 g/mol. The van der Waals surface area contributed by atoms with Gasteiger partial charge in [-0.1, -0.05) is 81.4 Å². The number of rotatable bonds is 8. The van der Waals surface area contributed by atoms with E-state index < -0.39 is 6.04 Å². The quantitative estimate of drug-likeness (QED) is 0.642. The van der Waals surface area contributed by atoms with Crippen LogP contribution in [0.25, 0.3) is 0 Å². The Balaban J connectivity index is 1.70. The summed E-state index contributed by atoms with van der Waals surface area (Å²) in [5.41, 5.74) is 8.97. The van der Waals surface area contributed by atoms with Gasteiger partial charge < -0.3 is 10.6 Å². The minimum absolute atomic E-state index is 0.0194. The molecule has 0 radical (unpaired) electrons. The third-order valence-electron chi connectivity index (χ3n) is 5.74. The Hall–Kier alpha value is -2.92. The van der Waals surface area contributed by atoms with Crippen LogP contribution in [-0.4, -0.2) is 28.8 Å². The Labute approximate surface area is 185 Å². The second-order valence-corrected chi connectivity index (χ2v) is 9.32. The first-order valence-corrected chi connectivity index (χ1v) is 10.9. The van der Waals surface area contributed by atoms with E-state index >= 15 is 0 Å². The number of hydrogen-bond donors (Lipinski definition) is 2. The van der Waals surface area contributed by atoms with Crippen molar-refractivity contribution in [1.29, 1.82) is 0 Å². The molecule has 0 aromatic heterocycles. The van der Waals surface area contributed by atoms with Crippen molar-refractivity contribution in [2.45, 2.75) is 58.8 Å². The molecule has 0 bridgehead atoms. The van der Waals surface area contributed by atoms with Crippen LogP contribution in [0.1, 0.15) is 43.9 Å². The lowest BCUT2D eigenvalue weighted by Crippen LogP contribution is -2.53. The second kappa shape index (κ2) is 9.92. The van der Waals surface area contributed by atoms with E-state index in [9.17, 15) is 9.59 Å². The van der Waals surface area contributed by atoms with E-state index in [1.54, 1.807) is 6.08 Å². The molecule has 2 amide bonds. The second-order valence-electron chi connectivity index (χ2n) is 9.32. The summed E-state index contributed by atoms with van der Waals surface area (Å²) in [5.74, 6) is -0.402. The molecule has 2 atom stereocenters.